The molecule has 3 aromatic rings. The normalized spacial score (nSPS) is 10.3. The third-order valence-electron chi connectivity index (χ3n) is 3.89. The molecule has 0 saturated heterocycles. The van der Waals surface area contributed by atoms with Gasteiger partial charge in [0, 0.05) is 11.8 Å². The first-order chi connectivity index (χ1) is 13.9. The predicted molar refractivity (Wildman–Crippen MR) is 106 cm³/mol. The summed E-state index contributed by atoms with van der Waals surface area (Å²) < 4.78 is 5.27. The molecule has 1 aromatic heterocycles. The quantitative estimate of drug-likeness (QED) is 0.489. The second-order valence-corrected chi connectivity index (χ2v) is 6.14. The highest BCUT2D eigenvalue weighted by Gasteiger charge is 2.20. The number of rotatable bonds is 6. The average molecular weight is 415 g/mol. The molecule has 0 aliphatic carbocycles. The Morgan fingerprint density at radius 2 is 1.86 bits per heavy atom. The molecule has 0 aliphatic rings. The molecule has 0 unspecified atom stereocenters. The molecule has 0 fully saturated rings. The molecule has 0 spiro atoms. The Morgan fingerprint density at radius 1 is 1.10 bits per heavy atom. The molecular formula is C19H15ClN4O5. The lowest BCUT2D eigenvalue weighted by Gasteiger charge is -2.13. The van der Waals surface area contributed by atoms with Crippen LogP contribution in [0.5, 0.6) is 5.75 Å². The fraction of sp³-hybridized carbons (Fsp3) is 0.0526. The van der Waals surface area contributed by atoms with Gasteiger partial charge in [0.25, 0.3) is 11.8 Å². The lowest BCUT2D eigenvalue weighted by Crippen LogP contribution is -2.17. The number of nitrogens with zero attached hydrogens (tertiary/aromatic N) is 1. The molecule has 4 N–H and O–H groups in total. The molecule has 10 heteroatoms. The van der Waals surface area contributed by atoms with E-state index in [1.54, 1.807) is 24.3 Å². The molecule has 9 nitrogen and oxygen atoms in total. The third kappa shape index (κ3) is 4.36. The second kappa shape index (κ2) is 8.44. The van der Waals surface area contributed by atoms with Crippen molar-refractivity contribution in [2.24, 2.45) is 0 Å². The van der Waals surface area contributed by atoms with Gasteiger partial charge in [-0.15, -0.1) is 0 Å². The first-order valence-corrected chi connectivity index (χ1v) is 8.60. The number of carboxylic acid groups (broad SMARTS) is 1. The van der Waals surface area contributed by atoms with Crippen LogP contribution in [0.1, 0.15) is 31.3 Å². The van der Waals surface area contributed by atoms with Gasteiger partial charge in [-0.1, -0.05) is 23.7 Å². The van der Waals surface area contributed by atoms with Crippen molar-refractivity contribution in [1.82, 2.24) is 9.97 Å². The van der Waals surface area contributed by atoms with Crippen LogP contribution in [0.25, 0.3) is 0 Å². The van der Waals surface area contributed by atoms with Gasteiger partial charge in [-0.3, -0.25) is 9.59 Å². The van der Waals surface area contributed by atoms with Crippen molar-refractivity contribution in [1.29, 1.82) is 0 Å². The van der Waals surface area contributed by atoms with Gasteiger partial charge in [0.1, 0.15) is 5.75 Å². The number of nitrogens with one attached hydrogen (secondary N) is 3. The van der Waals surface area contributed by atoms with Gasteiger partial charge < -0.3 is 25.5 Å². The molecule has 0 atom stereocenters. The van der Waals surface area contributed by atoms with Crippen molar-refractivity contribution in [3.63, 3.8) is 0 Å². The molecule has 2 amide bonds. The summed E-state index contributed by atoms with van der Waals surface area (Å²) in [6, 6.07) is 11.1. The maximum atomic E-state index is 12.4. The second-order valence-electron chi connectivity index (χ2n) is 5.73. The van der Waals surface area contributed by atoms with Crippen LogP contribution in [0.2, 0.25) is 5.02 Å². The van der Waals surface area contributed by atoms with Gasteiger partial charge in [-0.2, -0.15) is 0 Å². The van der Waals surface area contributed by atoms with Crippen LogP contribution in [-0.4, -0.2) is 40.0 Å². The zero-order valence-corrected chi connectivity index (χ0v) is 15.8. The molecule has 0 aliphatic heterocycles. The van der Waals surface area contributed by atoms with Crippen LogP contribution in [0.4, 0.5) is 11.4 Å². The third-order valence-corrected chi connectivity index (χ3v) is 4.22. The number of amides is 2. The van der Waals surface area contributed by atoms with Gasteiger partial charge in [0.2, 0.25) is 0 Å². The summed E-state index contributed by atoms with van der Waals surface area (Å²) in [4.78, 5) is 42.0. The number of aromatic nitrogens is 2. The molecule has 1 heterocycles. The number of aromatic carboxylic acids is 1. The number of carbonyl (C=O) groups is 3. The summed E-state index contributed by atoms with van der Waals surface area (Å²) in [6.45, 7) is 0. The number of ether oxygens (including phenoxy) is 1. The Balaban J connectivity index is 1.79. The van der Waals surface area contributed by atoms with Crippen LogP contribution in [-0.2, 0) is 0 Å². The van der Waals surface area contributed by atoms with Crippen molar-refractivity contribution in [2.75, 3.05) is 17.7 Å². The summed E-state index contributed by atoms with van der Waals surface area (Å²) in [5.74, 6) is -2.15. The smallest absolute Gasteiger partial charge is 0.354 e. The largest absolute Gasteiger partial charge is 0.494 e. The molecule has 3 rings (SSSR count). The SMILES string of the molecule is COc1cc(NC(=O)c2nc[nH]c2C(=O)O)ccc1NC(=O)c1ccccc1Cl. The minimum atomic E-state index is -1.30. The minimum absolute atomic E-state index is 0.257. The number of hydrogen-bond acceptors (Lipinski definition) is 5. The average Bonchev–Trinajstić information content (AvgIpc) is 3.19. The Labute approximate surface area is 169 Å². The number of anilines is 2. The standard InChI is InChI=1S/C19H15ClN4O5/c1-29-14-8-10(23-18(26)15-16(19(27)28)22-9-21-15)6-7-13(14)24-17(25)11-4-2-3-5-12(11)20/h2-9H,1H3,(H,21,22)(H,23,26)(H,24,25)(H,27,28). The number of aromatic amines is 1. The van der Waals surface area contributed by atoms with Crippen molar-refractivity contribution in [3.05, 3.63) is 70.8 Å². The zero-order valence-electron chi connectivity index (χ0n) is 15.0. The van der Waals surface area contributed by atoms with E-state index >= 15 is 0 Å². The van der Waals surface area contributed by atoms with Crippen molar-refractivity contribution in [2.45, 2.75) is 0 Å². The number of benzene rings is 2. The number of methoxy groups -OCH3 is 1. The maximum Gasteiger partial charge on any atom is 0.354 e. The topological polar surface area (TPSA) is 133 Å². The number of hydrogen-bond donors (Lipinski definition) is 4. The van der Waals surface area contributed by atoms with E-state index < -0.39 is 17.8 Å². The molecular weight excluding hydrogens is 400 g/mol. The minimum Gasteiger partial charge on any atom is -0.494 e. The summed E-state index contributed by atoms with van der Waals surface area (Å²) in [5.41, 5.74) is 0.405. The van der Waals surface area contributed by atoms with Gasteiger partial charge in [0.05, 0.1) is 29.7 Å². The highest BCUT2D eigenvalue weighted by atomic mass is 35.5. The summed E-state index contributed by atoms with van der Waals surface area (Å²) in [5, 5.41) is 14.6. The first-order valence-electron chi connectivity index (χ1n) is 8.22. The van der Waals surface area contributed by atoms with Crippen molar-refractivity contribution < 1.29 is 24.2 Å². The van der Waals surface area contributed by atoms with Gasteiger partial charge in [-0.05, 0) is 24.3 Å². The number of halogens is 1. The molecule has 29 heavy (non-hydrogen) atoms. The van der Waals surface area contributed by atoms with Gasteiger partial charge >= 0.3 is 5.97 Å². The van der Waals surface area contributed by atoms with E-state index in [1.807, 2.05) is 0 Å². The van der Waals surface area contributed by atoms with E-state index in [4.69, 9.17) is 21.4 Å². The molecule has 2 aromatic carbocycles. The molecule has 148 valence electrons. The van der Waals surface area contributed by atoms with E-state index in [2.05, 4.69) is 20.6 Å². The number of imidazole rings is 1. The summed E-state index contributed by atoms with van der Waals surface area (Å²) >= 11 is 6.04. The van der Waals surface area contributed by atoms with Crippen molar-refractivity contribution >= 4 is 40.8 Å². The van der Waals surface area contributed by atoms with E-state index in [9.17, 15) is 14.4 Å². The predicted octanol–water partition coefficient (Wildman–Crippen LogP) is 3.27. The van der Waals surface area contributed by atoms with Crippen LogP contribution >= 0.6 is 11.6 Å². The number of carbonyl (C=O) groups excluding carboxylic acids is 2. The monoisotopic (exact) mass is 414 g/mol. The first kappa shape index (κ1) is 19.9. The van der Waals surface area contributed by atoms with Crippen LogP contribution in [0.3, 0.4) is 0 Å². The Morgan fingerprint density at radius 3 is 2.55 bits per heavy atom. The molecule has 0 radical (unpaired) electrons. The molecule has 0 bridgehead atoms. The lowest BCUT2D eigenvalue weighted by molar-refractivity contribution is 0.0686. The van der Waals surface area contributed by atoms with Crippen LogP contribution < -0.4 is 15.4 Å². The maximum absolute atomic E-state index is 12.4. The van der Waals surface area contributed by atoms with E-state index in [-0.39, 0.29) is 17.1 Å². The Bertz CT molecular complexity index is 1100. The highest BCUT2D eigenvalue weighted by molar-refractivity contribution is 6.34. The van der Waals surface area contributed by atoms with Gasteiger partial charge in [-0.25, -0.2) is 9.78 Å². The fourth-order valence-corrected chi connectivity index (χ4v) is 2.75. The number of H-pyrrole nitrogens is 1. The summed E-state index contributed by atoms with van der Waals surface area (Å²) in [7, 11) is 1.41. The molecule has 0 saturated carbocycles. The number of carboxylic acids is 1. The van der Waals surface area contributed by atoms with Gasteiger partial charge in [0.15, 0.2) is 11.4 Å². The zero-order chi connectivity index (χ0) is 21.0. The lowest BCUT2D eigenvalue weighted by atomic mass is 10.2. The van der Waals surface area contributed by atoms with E-state index in [1.165, 1.54) is 25.3 Å². The van der Waals surface area contributed by atoms with Crippen molar-refractivity contribution in [3.8, 4) is 5.75 Å². The van der Waals surface area contributed by atoms with Crippen LogP contribution in [0, 0.1) is 0 Å². The fourth-order valence-electron chi connectivity index (χ4n) is 2.53. The van der Waals surface area contributed by atoms with Crippen LogP contribution in [0.15, 0.2) is 48.8 Å². The van der Waals surface area contributed by atoms with E-state index in [0.717, 1.165) is 6.33 Å². The Hall–Kier alpha value is -3.85. The van der Waals surface area contributed by atoms with E-state index in [0.29, 0.717) is 22.0 Å². The Kier molecular flexibility index (Phi) is 5.79. The summed E-state index contributed by atoms with van der Waals surface area (Å²) in [6.07, 6.45) is 1.12. The highest BCUT2D eigenvalue weighted by Crippen LogP contribution is 2.29.